The maximum Gasteiger partial charge on any atom is 0.240 e. The molecule has 0 saturated carbocycles. The molecule has 0 N–H and O–H groups in total. The van der Waals surface area contributed by atoms with Gasteiger partial charge in [0.1, 0.15) is 5.15 Å². The third-order valence-corrected chi connectivity index (χ3v) is 5.14. The van der Waals surface area contributed by atoms with E-state index in [1.165, 1.54) is 11.9 Å². The third-order valence-electron chi connectivity index (χ3n) is 4.15. The van der Waals surface area contributed by atoms with Gasteiger partial charge in [0.15, 0.2) is 0 Å². The van der Waals surface area contributed by atoms with Crippen molar-refractivity contribution in [3.05, 3.63) is 63.4 Å². The maximum absolute atomic E-state index is 12.1. The Hall–Kier alpha value is -2.24. The molecule has 1 aliphatic rings. The minimum absolute atomic E-state index is 0.102. The summed E-state index contributed by atoms with van der Waals surface area (Å²) < 4.78 is 0. The second-order valence-electron chi connectivity index (χ2n) is 5.70. The minimum Gasteiger partial charge on any atom is -0.273 e. The van der Waals surface area contributed by atoms with Crippen LogP contribution in [0.3, 0.4) is 0 Å². The molecule has 1 aliphatic heterocycles. The van der Waals surface area contributed by atoms with Crippen LogP contribution in [0.4, 0.5) is 0 Å². The van der Waals surface area contributed by atoms with Crippen molar-refractivity contribution in [3.8, 4) is 0 Å². The third kappa shape index (κ3) is 2.60. The lowest BCUT2D eigenvalue weighted by molar-refractivity contribution is -0.130. The van der Waals surface area contributed by atoms with Gasteiger partial charge in [-0.25, -0.2) is 9.99 Å². The lowest BCUT2D eigenvalue weighted by atomic mass is 9.99. The molecule has 120 valence electrons. The van der Waals surface area contributed by atoms with Crippen molar-refractivity contribution in [1.29, 1.82) is 0 Å². The number of hydrogen-bond acceptors (Lipinski definition) is 4. The first kappa shape index (κ1) is 15.3. The molecule has 4 rings (SSSR count). The number of para-hydroxylation sites is 1. The van der Waals surface area contributed by atoms with Gasteiger partial charge in [-0.15, -0.1) is 0 Å². The quantitative estimate of drug-likeness (QED) is 0.628. The van der Waals surface area contributed by atoms with Crippen molar-refractivity contribution < 1.29 is 4.79 Å². The summed E-state index contributed by atoms with van der Waals surface area (Å²) in [6.45, 7) is 1.52. The van der Waals surface area contributed by atoms with Crippen molar-refractivity contribution in [3.63, 3.8) is 0 Å². The smallest absolute Gasteiger partial charge is 0.240 e. The Kier molecular flexibility index (Phi) is 3.82. The molecule has 0 fully saturated rings. The predicted octanol–water partition coefficient (Wildman–Crippen LogP) is 4.65. The van der Waals surface area contributed by atoms with E-state index in [4.69, 9.17) is 11.6 Å². The number of carbonyl (C=O) groups is 1. The van der Waals surface area contributed by atoms with Gasteiger partial charge in [-0.05, 0) is 29.0 Å². The Labute approximate surface area is 148 Å². The van der Waals surface area contributed by atoms with E-state index < -0.39 is 0 Å². The zero-order valence-corrected chi connectivity index (χ0v) is 14.5. The van der Waals surface area contributed by atoms with Crippen molar-refractivity contribution in [2.24, 2.45) is 5.10 Å². The zero-order chi connectivity index (χ0) is 16.7. The molecule has 3 heterocycles. The SMILES string of the molecule is CC(=O)N1N=C(c2ccsc2)CC1c1cc2ccccc2nc1Cl. The van der Waals surface area contributed by atoms with E-state index in [0.717, 1.165) is 27.7 Å². The number of hydrogen-bond donors (Lipinski definition) is 0. The summed E-state index contributed by atoms with van der Waals surface area (Å²) in [7, 11) is 0. The summed E-state index contributed by atoms with van der Waals surface area (Å²) in [5, 5.41) is 11.5. The van der Waals surface area contributed by atoms with Crippen LogP contribution in [0.5, 0.6) is 0 Å². The fraction of sp³-hybridized carbons (Fsp3) is 0.167. The summed E-state index contributed by atoms with van der Waals surface area (Å²) in [5.41, 5.74) is 3.64. The van der Waals surface area contributed by atoms with E-state index in [9.17, 15) is 4.79 Å². The highest BCUT2D eigenvalue weighted by atomic mass is 35.5. The van der Waals surface area contributed by atoms with E-state index in [1.54, 1.807) is 11.3 Å². The Bertz CT molecular complexity index is 952. The van der Waals surface area contributed by atoms with E-state index in [1.807, 2.05) is 47.2 Å². The fourth-order valence-corrected chi connectivity index (χ4v) is 3.92. The highest BCUT2D eigenvalue weighted by Crippen LogP contribution is 2.37. The molecule has 1 amide bonds. The molecule has 0 aliphatic carbocycles. The van der Waals surface area contributed by atoms with Gasteiger partial charge in [-0.3, -0.25) is 4.79 Å². The van der Waals surface area contributed by atoms with Gasteiger partial charge in [0.05, 0.1) is 17.3 Å². The molecule has 24 heavy (non-hydrogen) atoms. The molecule has 6 heteroatoms. The first-order chi connectivity index (χ1) is 11.6. The van der Waals surface area contributed by atoms with Gasteiger partial charge in [0.25, 0.3) is 0 Å². The van der Waals surface area contributed by atoms with Crippen LogP contribution in [0.15, 0.2) is 52.3 Å². The van der Waals surface area contributed by atoms with Crippen LogP contribution in [-0.4, -0.2) is 21.6 Å². The number of nitrogens with zero attached hydrogens (tertiary/aromatic N) is 3. The predicted molar refractivity (Wildman–Crippen MR) is 97.5 cm³/mol. The molecule has 0 spiro atoms. The highest BCUT2D eigenvalue weighted by molar-refractivity contribution is 7.08. The summed E-state index contributed by atoms with van der Waals surface area (Å²) in [6.07, 6.45) is 0.635. The van der Waals surface area contributed by atoms with Crippen LogP contribution in [-0.2, 0) is 4.79 Å². The van der Waals surface area contributed by atoms with Crippen LogP contribution < -0.4 is 0 Å². The molecule has 0 bridgehead atoms. The Morgan fingerprint density at radius 3 is 2.92 bits per heavy atom. The molecular weight excluding hydrogens is 342 g/mol. The minimum atomic E-state index is -0.220. The topological polar surface area (TPSA) is 45.6 Å². The maximum atomic E-state index is 12.1. The van der Waals surface area contributed by atoms with Crippen molar-refractivity contribution in [1.82, 2.24) is 9.99 Å². The molecule has 0 radical (unpaired) electrons. The van der Waals surface area contributed by atoms with Gasteiger partial charge in [0.2, 0.25) is 5.91 Å². The number of amides is 1. The number of thiophene rings is 1. The van der Waals surface area contributed by atoms with E-state index in [2.05, 4.69) is 10.1 Å². The second-order valence-corrected chi connectivity index (χ2v) is 6.84. The zero-order valence-electron chi connectivity index (χ0n) is 12.9. The number of pyridine rings is 1. The summed E-state index contributed by atoms with van der Waals surface area (Å²) in [6, 6.07) is 11.6. The monoisotopic (exact) mass is 355 g/mol. The number of halogens is 1. The second kappa shape index (κ2) is 6.00. The highest BCUT2D eigenvalue weighted by Gasteiger charge is 2.33. The van der Waals surface area contributed by atoms with E-state index in [0.29, 0.717) is 11.6 Å². The Morgan fingerprint density at radius 1 is 1.33 bits per heavy atom. The van der Waals surface area contributed by atoms with Gasteiger partial charge in [-0.2, -0.15) is 16.4 Å². The summed E-state index contributed by atoms with van der Waals surface area (Å²) >= 11 is 8.04. The fourth-order valence-electron chi connectivity index (χ4n) is 2.99. The van der Waals surface area contributed by atoms with Crippen LogP contribution >= 0.6 is 22.9 Å². The number of carbonyl (C=O) groups excluding carboxylic acids is 1. The molecule has 2 aromatic heterocycles. The number of benzene rings is 1. The summed E-state index contributed by atoms with van der Waals surface area (Å²) in [4.78, 5) is 16.6. The Morgan fingerprint density at radius 2 is 2.17 bits per heavy atom. The van der Waals surface area contributed by atoms with Gasteiger partial charge in [-0.1, -0.05) is 29.8 Å². The van der Waals surface area contributed by atoms with Crippen LogP contribution in [0.2, 0.25) is 5.15 Å². The van der Waals surface area contributed by atoms with E-state index >= 15 is 0 Å². The normalized spacial score (nSPS) is 17.3. The van der Waals surface area contributed by atoms with Gasteiger partial charge >= 0.3 is 0 Å². The molecule has 1 unspecified atom stereocenters. The number of hydrazone groups is 1. The summed E-state index contributed by atoms with van der Waals surface area (Å²) in [5.74, 6) is -0.102. The largest absolute Gasteiger partial charge is 0.273 e. The average molecular weight is 356 g/mol. The van der Waals surface area contributed by atoms with Crippen LogP contribution in [0, 0.1) is 0 Å². The van der Waals surface area contributed by atoms with Crippen LogP contribution in [0.1, 0.15) is 30.5 Å². The van der Waals surface area contributed by atoms with Crippen molar-refractivity contribution in [2.75, 3.05) is 0 Å². The van der Waals surface area contributed by atoms with Crippen molar-refractivity contribution >= 4 is 45.5 Å². The van der Waals surface area contributed by atoms with Crippen LogP contribution in [0.25, 0.3) is 10.9 Å². The molecule has 1 atom stereocenters. The first-order valence-corrected chi connectivity index (χ1v) is 8.90. The first-order valence-electron chi connectivity index (χ1n) is 7.58. The number of fused-ring (bicyclic) bond motifs is 1. The molecule has 3 aromatic rings. The van der Waals surface area contributed by atoms with E-state index in [-0.39, 0.29) is 11.9 Å². The van der Waals surface area contributed by atoms with Gasteiger partial charge in [0, 0.05) is 29.9 Å². The molecular formula is C18H14ClN3OS. The molecule has 0 saturated heterocycles. The van der Waals surface area contributed by atoms with Crippen molar-refractivity contribution in [2.45, 2.75) is 19.4 Å². The average Bonchev–Trinajstić information content (AvgIpc) is 3.23. The lowest BCUT2D eigenvalue weighted by Crippen LogP contribution is -2.24. The lowest BCUT2D eigenvalue weighted by Gasteiger charge is -2.21. The standard InChI is InChI=1S/C18H14ClN3OS/c1-11(23)22-17(9-16(21-22)13-6-7-24-10-13)14-8-12-4-2-3-5-15(12)20-18(14)19/h2-8,10,17H,9H2,1H3. The van der Waals surface area contributed by atoms with Gasteiger partial charge < -0.3 is 0 Å². The number of rotatable bonds is 2. The Balaban J connectivity index is 1.78. The molecule has 1 aromatic carbocycles. The molecule has 4 nitrogen and oxygen atoms in total. The number of aromatic nitrogens is 1.